The van der Waals surface area contributed by atoms with Gasteiger partial charge in [-0.15, -0.1) is 0 Å². The highest BCUT2D eigenvalue weighted by Gasteiger charge is 2.20. The molecule has 0 saturated carbocycles. The Morgan fingerprint density at radius 1 is 1.05 bits per heavy atom. The molecule has 1 aliphatic heterocycles. The van der Waals surface area contributed by atoms with Gasteiger partial charge in [-0.1, -0.05) is 42.0 Å². The monoisotopic (exact) mass is 260 g/mol. The largest absolute Gasteiger partial charge is 0.353 e. The SMILES string of the molecule is Cc1cccc(C2=NCCc3c2[nH]c2ccccc32)c1. The van der Waals surface area contributed by atoms with Crippen molar-refractivity contribution in [3.8, 4) is 0 Å². The minimum atomic E-state index is 0.873. The van der Waals surface area contributed by atoms with E-state index in [1.807, 2.05) is 0 Å². The van der Waals surface area contributed by atoms with E-state index in [1.54, 1.807) is 0 Å². The molecule has 1 aliphatic rings. The Morgan fingerprint density at radius 2 is 1.95 bits per heavy atom. The summed E-state index contributed by atoms with van der Waals surface area (Å²) in [5, 5.41) is 1.34. The number of aryl methyl sites for hydroxylation is 1. The van der Waals surface area contributed by atoms with Crippen molar-refractivity contribution < 1.29 is 0 Å². The van der Waals surface area contributed by atoms with Gasteiger partial charge in [-0.25, -0.2) is 0 Å². The highest BCUT2D eigenvalue weighted by molar-refractivity contribution is 6.15. The van der Waals surface area contributed by atoms with E-state index in [-0.39, 0.29) is 0 Å². The Labute approximate surface area is 118 Å². The summed E-state index contributed by atoms with van der Waals surface area (Å²) in [6.07, 6.45) is 1.02. The number of fused-ring (bicyclic) bond motifs is 3. The lowest BCUT2D eigenvalue weighted by atomic mass is 9.97. The van der Waals surface area contributed by atoms with Crippen molar-refractivity contribution in [2.24, 2.45) is 4.99 Å². The van der Waals surface area contributed by atoms with Crippen LogP contribution in [0.2, 0.25) is 0 Å². The fraction of sp³-hybridized carbons (Fsp3) is 0.167. The number of aliphatic imine (C=N–C) groups is 1. The summed E-state index contributed by atoms with van der Waals surface area (Å²) in [7, 11) is 0. The average Bonchev–Trinajstić information content (AvgIpc) is 2.86. The zero-order chi connectivity index (χ0) is 13.5. The Balaban J connectivity index is 1.94. The Bertz CT molecular complexity index is 824. The lowest BCUT2D eigenvalue weighted by molar-refractivity contribution is 0.948. The number of rotatable bonds is 1. The van der Waals surface area contributed by atoms with E-state index in [4.69, 9.17) is 4.99 Å². The van der Waals surface area contributed by atoms with Crippen molar-refractivity contribution in [1.82, 2.24) is 4.98 Å². The van der Waals surface area contributed by atoms with Gasteiger partial charge in [0.25, 0.3) is 0 Å². The first-order valence-electron chi connectivity index (χ1n) is 7.04. The second-order valence-corrected chi connectivity index (χ2v) is 5.37. The Morgan fingerprint density at radius 3 is 2.85 bits per heavy atom. The number of nitrogens with one attached hydrogen (secondary N) is 1. The molecule has 4 rings (SSSR count). The van der Waals surface area contributed by atoms with Crippen molar-refractivity contribution in [3.63, 3.8) is 0 Å². The summed E-state index contributed by atoms with van der Waals surface area (Å²) in [5.41, 5.74) is 7.40. The van der Waals surface area contributed by atoms with Crippen LogP contribution in [-0.2, 0) is 6.42 Å². The first kappa shape index (κ1) is 11.5. The number of aromatic nitrogens is 1. The van der Waals surface area contributed by atoms with Gasteiger partial charge in [-0.2, -0.15) is 0 Å². The molecule has 1 aromatic heterocycles. The molecule has 0 amide bonds. The molecule has 1 N–H and O–H groups in total. The molecular weight excluding hydrogens is 244 g/mol. The van der Waals surface area contributed by atoms with E-state index in [1.165, 1.54) is 33.3 Å². The van der Waals surface area contributed by atoms with Crippen LogP contribution in [0.25, 0.3) is 10.9 Å². The van der Waals surface area contributed by atoms with Gasteiger partial charge < -0.3 is 4.98 Å². The third-order valence-corrected chi connectivity index (χ3v) is 3.97. The van der Waals surface area contributed by atoms with Crippen LogP contribution < -0.4 is 0 Å². The van der Waals surface area contributed by atoms with E-state index in [9.17, 15) is 0 Å². The molecule has 20 heavy (non-hydrogen) atoms. The van der Waals surface area contributed by atoms with Crippen LogP contribution in [0.3, 0.4) is 0 Å². The van der Waals surface area contributed by atoms with Crippen LogP contribution >= 0.6 is 0 Å². The van der Waals surface area contributed by atoms with Crippen molar-refractivity contribution in [1.29, 1.82) is 0 Å². The van der Waals surface area contributed by atoms with Gasteiger partial charge in [0.2, 0.25) is 0 Å². The molecule has 0 spiro atoms. The predicted molar refractivity (Wildman–Crippen MR) is 83.7 cm³/mol. The Hall–Kier alpha value is -2.35. The van der Waals surface area contributed by atoms with Crippen LogP contribution in [0.4, 0.5) is 0 Å². The smallest absolute Gasteiger partial charge is 0.0884 e. The summed E-state index contributed by atoms with van der Waals surface area (Å²) < 4.78 is 0. The maximum absolute atomic E-state index is 4.76. The summed E-state index contributed by atoms with van der Waals surface area (Å²) in [6.45, 7) is 3.00. The summed E-state index contributed by atoms with van der Waals surface area (Å²) in [5.74, 6) is 0. The molecule has 2 aromatic carbocycles. The normalized spacial score (nSPS) is 14.2. The molecule has 0 aliphatic carbocycles. The fourth-order valence-electron chi connectivity index (χ4n) is 3.05. The average molecular weight is 260 g/mol. The molecule has 0 fully saturated rings. The van der Waals surface area contributed by atoms with Gasteiger partial charge in [0.15, 0.2) is 0 Å². The molecule has 0 atom stereocenters. The third-order valence-electron chi connectivity index (χ3n) is 3.97. The second-order valence-electron chi connectivity index (χ2n) is 5.37. The number of nitrogens with zero attached hydrogens (tertiary/aromatic N) is 1. The Kier molecular flexibility index (Phi) is 2.49. The van der Waals surface area contributed by atoms with Crippen molar-refractivity contribution in [2.45, 2.75) is 13.3 Å². The number of hydrogen-bond donors (Lipinski definition) is 1. The van der Waals surface area contributed by atoms with E-state index in [2.05, 4.69) is 60.4 Å². The van der Waals surface area contributed by atoms with Crippen LogP contribution in [-0.4, -0.2) is 17.2 Å². The van der Waals surface area contributed by atoms with Crippen molar-refractivity contribution in [3.05, 3.63) is 70.9 Å². The van der Waals surface area contributed by atoms with E-state index >= 15 is 0 Å². The van der Waals surface area contributed by atoms with Crippen LogP contribution in [0.15, 0.2) is 53.5 Å². The van der Waals surface area contributed by atoms with Crippen molar-refractivity contribution in [2.75, 3.05) is 6.54 Å². The molecule has 2 heterocycles. The van der Waals surface area contributed by atoms with E-state index in [0.29, 0.717) is 0 Å². The molecule has 0 unspecified atom stereocenters. The standard InChI is InChI=1S/C18H16N2/c1-12-5-4-6-13(11-12)17-18-15(9-10-19-17)14-7-2-3-8-16(14)20-18/h2-8,11,20H,9-10H2,1H3. The molecule has 0 saturated heterocycles. The van der Waals surface area contributed by atoms with Crippen LogP contribution in [0.5, 0.6) is 0 Å². The molecule has 0 bridgehead atoms. The zero-order valence-electron chi connectivity index (χ0n) is 11.5. The number of benzene rings is 2. The van der Waals surface area contributed by atoms with Crippen LogP contribution in [0, 0.1) is 6.92 Å². The lowest BCUT2D eigenvalue weighted by Gasteiger charge is -2.14. The first-order chi connectivity index (χ1) is 9.83. The predicted octanol–water partition coefficient (Wildman–Crippen LogP) is 3.87. The maximum atomic E-state index is 4.76. The molecular formula is C18H16N2. The number of para-hydroxylation sites is 1. The quantitative estimate of drug-likeness (QED) is 0.688. The van der Waals surface area contributed by atoms with Gasteiger partial charge in [-0.3, -0.25) is 4.99 Å². The first-order valence-corrected chi connectivity index (χ1v) is 7.04. The second kappa shape index (κ2) is 4.34. The van der Waals surface area contributed by atoms with Gasteiger partial charge in [0.05, 0.1) is 11.4 Å². The molecule has 2 nitrogen and oxygen atoms in total. The van der Waals surface area contributed by atoms with Crippen LogP contribution in [0.1, 0.15) is 22.4 Å². The van der Waals surface area contributed by atoms with Gasteiger partial charge in [0.1, 0.15) is 0 Å². The minimum absolute atomic E-state index is 0.873. The summed E-state index contributed by atoms with van der Waals surface area (Å²) in [6, 6.07) is 17.1. The molecule has 3 aromatic rings. The van der Waals surface area contributed by atoms with Gasteiger partial charge in [-0.05, 0) is 31.0 Å². The lowest BCUT2D eigenvalue weighted by Crippen LogP contribution is -2.13. The molecule has 0 radical (unpaired) electrons. The topological polar surface area (TPSA) is 28.1 Å². The third kappa shape index (κ3) is 1.68. The maximum Gasteiger partial charge on any atom is 0.0884 e. The van der Waals surface area contributed by atoms with E-state index < -0.39 is 0 Å². The van der Waals surface area contributed by atoms with E-state index in [0.717, 1.165) is 18.7 Å². The summed E-state index contributed by atoms with van der Waals surface area (Å²) >= 11 is 0. The van der Waals surface area contributed by atoms with Gasteiger partial charge >= 0.3 is 0 Å². The van der Waals surface area contributed by atoms with Gasteiger partial charge in [0, 0.05) is 23.0 Å². The number of aromatic amines is 1. The highest BCUT2D eigenvalue weighted by Crippen LogP contribution is 2.28. The summed E-state index contributed by atoms with van der Waals surface area (Å²) in [4.78, 5) is 8.32. The minimum Gasteiger partial charge on any atom is -0.353 e. The fourth-order valence-corrected chi connectivity index (χ4v) is 3.05. The van der Waals surface area contributed by atoms with Crippen molar-refractivity contribution >= 4 is 16.6 Å². The zero-order valence-corrected chi connectivity index (χ0v) is 11.5. The molecule has 2 heteroatoms. The number of hydrogen-bond acceptors (Lipinski definition) is 1. The molecule has 98 valence electrons. The highest BCUT2D eigenvalue weighted by atomic mass is 14.8. The number of H-pyrrole nitrogens is 1.